The molecule has 1 fully saturated rings. The highest BCUT2D eigenvalue weighted by Gasteiger charge is 2.38. The fraction of sp³-hybridized carbons (Fsp3) is 0.125. The first-order chi connectivity index (χ1) is 16.7. The summed E-state index contributed by atoms with van der Waals surface area (Å²) in [4.78, 5) is 63.5. The number of carbonyl (C=O) groups is 5. The summed E-state index contributed by atoms with van der Waals surface area (Å²) in [6.45, 7) is -0.594. The maximum atomic E-state index is 13.3. The lowest BCUT2D eigenvalue weighted by Crippen LogP contribution is -2.51. The van der Waals surface area contributed by atoms with Crippen molar-refractivity contribution in [1.82, 2.24) is 10.0 Å². The number of hydrogen-bond donors (Lipinski definition) is 0. The van der Waals surface area contributed by atoms with E-state index in [2.05, 4.69) is 0 Å². The smallest absolute Gasteiger partial charge is 0.353 e. The average molecular weight is 531 g/mol. The maximum absolute atomic E-state index is 13.3. The van der Waals surface area contributed by atoms with Crippen LogP contribution in [0.25, 0.3) is 0 Å². The molecular weight excluding hydrogens is 515 g/mol. The van der Waals surface area contributed by atoms with Crippen LogP contribution in [0.5, 0.6) is 5.75 Å². The van der Waals surface area contributed by atoms with Crippen LogP contribution in [-0.2, 0) is 9.59 Å². The monoisotopic (exact) mass is 530 g/mol. The molecule has 1 saturated heterocycles. The molecule has 0 radical (unpaired) electrons. The van der Waals surface area contributed by atoms with Crippen LogP contribution in [0.15, 0.2) is 60.0 Å². The van der Waals surface area contributed by atoms with E-state index in [0.29, 0.717) is 14.9 Å². The van der Waals surface area contributed by atoms with Gasteiger partial charge in [0.05, 0.1) is 10.6 Å². The van der Waals surface area contributed by atoms with E-state index in [4.69, 9.17) is 27.9 Å². The van der Waals surface area contributed by atoms with Gasteiger partial charge in [-0.05, 0) is 53.9 Å². The molecule has 2 heterocycles. The zero-order chi connectivity index (χ0) is 25.1. The molecule has 3 amide bonds. The van der Waals surface area contributed by atoms with Crippen LogP contribution in [0, 0.1) is 0 Å². The molecule has 1 aliphatic heterocycles. The second kappa shape index (κ2) is 10.4. The number of Topliss-reactive ketones (excluding diaryl/α,β-unsaturated/α-hetero) is 1. The first-order valence-electron chi connectivity index (χ1n) is 10.3. The minimum Gasteiger partial charge on any atom is -0.422 e. The number of hydrazine groups is 1. The van der Waals surface area contributed by atoms with E-state index in [0.717, 1.165) is 5.01 Å². The van der Waals surface area contributed by atoms with Crippen molar-refractivity contribution >= 4 is 64.0 Å². The van der Waals surface area contributed by atoms with Crippen LogP contribution in [0.1, 0.15) is 43.2 Å². The molecule has 0 N–H and O–H groups in total. The van der Waals surface area contributed by atoms with Gasteiger partial charge in [0.2, 0.25) is 11.8 Å². The normalized spacial score (nSPS) is 13.1. The number of carbonyl (C=O) groups excluding carboxylic acids is 5. The SMILES string of the molecule is O=C(CN(C(=O)c1ccc(Cl)cc1Cl)N1C(=O)CCC1=O)c1ccc(OC(=O)c2cccs2)cc1. The third kappa shape index (κ3) is 5.43. The van der Waals surface area contributed by atoms with E-state index < -0.39 is 36.0 Å². The molecule has 1 aliphatic rings. The van der Waals surface area contributed by atoms with Crippen molar-refractivity contribution in [2.75, 3.05) is 6.54 Å². The van der Waals surface area contributed by atoms with Crippen LogP contribution in [-0.4, -0.2) is 46.0 Å². The minimum absolute atomic E-state index is 0.0101. The Labute approximate surface area is 213 Å². The van der Waals surface area contributed by atoms with Gasteiger partial charge in [0.15, 0.2) is 5.78 Å². The number of thiophene rings is 1. The summed E-state index contributed by atoms with van der Waals surface area (Å²) in [7, 11) is 0. The maximum Gasteiger partial charge on any atom is 0.353 e. The number of ketones is 1. The van der Waals surface area contributed by atoms with Crippen molar-refractivity contribution in [3.05, 3.63) is 86.0 Å². The summed E-state index contributed by atoms with van der Waals surface area (Å²) in [5.74, 6) is -2.85. The number of benzene rings is 2. The Balaban J connectivity index is 1.55. The molecule has 0 bridgehead atoms. The Bertz CT molecular complexity index is 1310. The number of esters is 1. The number of hydrogen-bond acceptors (Lipinski definition) is 7. The van der Waals surface area contributed by atoms with E-state index in [-0.39, 0.29) is 34.7 Å². The summed E-state index contributed by atoms with van der Waals surface area (Å²) in [5, 5.41) is 3.53. The van der Waals surface area contributed by atoms with E-state index >= 15 is 0 Å². The first kappa shape index (κ1) is 24.6. The van der Waals surface area contributed by atoms with Gasteiger partial charge in [0.25, 0.3) is 5.91 Å². The molecule has 178 valence electrons. The van der Waals surface area contributed by atoms with Gasteiger partial charge in [0, 0.05) is 23.4 Å². The number of nitrogens with zero attached hydrogens (tertiary/aromatic N) is 2. The van der Waals surface area contributed by atoms with E-state index in [9.17, 15) is 24.0 Å². The minimum atomic E-state index is -0.801. The second-order valence-electron chi connectivity index (χ2n) is 7.40. The molecule has 0 spiro atoms. The van der Waals surface area contributed by atoms with Crippen molar-refractivity contribution in [3.8, 4) is 5.75 Å². The largest absolute Gasteiger partial charge is 0.422 e. The molecule has 0 unspecified atom stereocenters. The summed E-state index contributed by atoms with van der Waals surface area (Å²) in [5.41, 5.74) is 0.159. The number of halogens is 2. The number of ether oxygens (including phenoxy) is 1. The quantitative estimate of drug-likeness (QED) is 0.190. The standard InChI is InChI=1S/C24H16Cl2N2O6S/c25-15-5-8-17(18(26)12-15)23(32)27(28-21(30)9-10-22(28)31)13-19(29)14-3-6-16(7-4-14)34-24(33)20-2-1-11-35-20/h1-8,11-12H,9-10,13H2. The Morgan fingerprint density at radius 2 is 1.66 bits per heavy atom. The summed E-state index contributed by atoms with van der Waals surface area (Å²) in [6.07, 6.45) is -0.148. The van der Waals surface area contributed by atoms with Crippen molar-refractivity contribution in [2.24, 2.45) is 0 Å². The summed E-state index contributed by atoms with van der Waals surface area (Å²) < 4.78 is 5.28. The number of rotatable bonds is 7. The Morgan fingerprint density at radius 1 is 0.971 bits per heavy atom. The van der Waals surface area contributed by atoms with Gasteiger partial charge >= 0.3 is 5.97 Å². The van der Waals surface area contributed by atoms with Gasteiger partial charge in [-0.25, -0.2) is 9.80 Å². The molecule has 1 aromatic heterocycles. The van der Waals surface area contributed by atoms with E-state index in [1.165, 1.54) is 53.8 Å². The highest BCUT2D eigenvalue weighted by Crippen LogP contribution is 2.25. The Hall–Kier alpha value is -3.53. The van der Waals surface area contributed by atoms with Gasteiger partial charge in [-0.15, -0.1) is 11.3 Å². The van der Waals surface area contributed by atoms with Gasteiger partial charge in [-0.3, -0.25) is 19.2 Å². The van der Waals surface area contributed by atoms with Crippen LogP contribution >= 0.6 is 34.5 Å². The van der Waals surface area contributed by atoms with Crippen molar-refractivity contribution in [1.29, 1.82) is 0 Å². The molecule has 4 rings (SSSR count). The van der Waals surface area contributed by atoms with Crippen LogP contribution in [0.3, 0.4) is 0 Å². The highest BCUT2D eigenvalue weighted by molar-refractivity contribution is 7.12. The van der Waals surface area contributed by atoms with Gasteiger partial charge in [-0.2, -0.15) is 5.01 Å². The summed E-state index contributed by atoms with van der Waals surface area (Å²) in [6, 6.07) is 13.2. The summed E-state index contributed by atoms with van der Waals surface area (Å²) >= 11 is 13.3. The molecule has 0 aliphatic carbocycles. The fourth-order valence-electron chi connectivity index (χ4n) is 3.36. The number of imide groups is 1. The lowest BCUT2D eigenvalue weighted by molar-refractivity contribution is -0.152. The van der Waals surface area contributed by atoms with Crippen molar-refractivity contribution in [3.63, 3.8) is 0 Å². The molecule has 0 atom stereocenters. The van der Waals surface area contributed by atoms with Crippen molar-refractivity contribution < 1.29 is 28.7 Å². The average Bonchev–Trinajstić information content (AvgIpc) is 3.48. The van der Waals surface area contributed by atoms with Crippen molar-refractivity contribution in [2.45, 2.75) is 12.8 Å². The van der Waals surface area contributed by atoms with Gasteiger partial charge in [0.1, 0.15) is 17.2 Å². The van der Waals surface area contributed by atoms with E-state index in [1.54, 1.807) is 17.5 Å². The van der Waals surface area contributed by atoms with Gasteiger partial charge < -0.3 is 4.74 Å². The lowest BCUT2D eigenvalue weighted by atomic mass is 10.1. The molecule has 2 aromatic carbocycles. The molecule has 0 saturated carbocycles. The molecular formula is C24H16Cl2N2O6S. The Kier molecular flexibility index (Phi) is 7.30. The molecule has 8 nitrogen and oxygen atoms in total. The fourth-order valence-corrected chi connectivity index (χ4v) is 4.45. The zero-order valence-corrected chi connectivity index (χ0v) is 20.2. The van der Waals surface area contributed by atoms with E-state index in [1.807, 2.05) is 0 Å². The van der Waals surface area contributed by atoms with Gasteiger partial charge in [-0.1, -0.05) is 29.3 Å². The topological polar surface area (TPSA) is 101 Å². The first-order valence-corrected chi connectivity index (χ1v) is 11.9. The molecule has 35 heavy (non-hydrogen) atoms. The number of amides is 3. The third-order valence-electron chi connectivity index (χ3n) is 5.07. The molecule has 3 aromatic rings. The lowest BCUT2D eigenvalue weighted by Gasteiger charge is -2.29. The highest BCUT2D eigenvalue weighted by atomic mass is 35.5. The predicted octanol–water partition coefficient (Wildman–Crippen LogP) is 4.66. The third-order valence-corrected chi connectivity index (χ3v) is 6.46. The predicted molar refractivity (Wildman–Crippen MR) is 129 cm³/mol. The Morgan fingerprint density at radius 3 is 2.26 bits per heavy atom. The zero-order valence-electron chi connectivity index (χ0n) is 17.9. The van der Waals surface area contributed by atoms with Crippen LogP contribution in [0.2, 0.25) is 10.0 Å². The second-order valence-corrected chi connectivity index (χ2v) is 9.19. The van der Waals surface area contributed by atoms with Crippen LogP contribution < -0.4 is 4.74 Å². The van der Waals surface area contributed by atoms with Crippen LogP contribution in [0.4, 0.5) is 0 Å². The molecule has 11 heteroatoms.